The van der Waals surface area contributed by atoms with Gasteiger partial charge in [-0.25, -0.2) is 4.99 Å². The first kappa shape index (κ1) is 24.0. The maximum absolute atomic E-state index is 11.6. The molecule has 0 bridgehead atoms. The van der Waals surface area contributed by atoms with E-state index in [1.807, 2.05) is 0 Å². The predicted octanol–water partition coefficient (Wildman–Crippen LogP) is 3.06. The number of halogens is 1. The van der Waals surface area contributed by atoms with Crippen LogP contribution in [-0.4, -0.2) is 38.0 Å². The molecule has 1 heterocycles. The third kappa shape index (κ3) is 6.90. The van der Waals surface area contributed by atoms with Crippen molar-refractivity contribution in [2.24, 2.45) is 4.99 Å². The summed E-state index contributed by atoms with van der Waals surface area (Å²) in [5.74, 6) is 0.895. The molecule has 2 aromatic carbocycles. The Morgan fingerprint density at radius 1 is 1.07 bits per heavy atom. The number of carbonyl (C=O) groups is 1. The minimum Gasteiger partial charge on any atom is -0.360 e. The van der Waals surface area contributed by atoms with Gasteiger partial charge in [0.25, 0.3) is 0 Å². The summed E-state index contributed by atoms with van der Waals surface area (Å²) in [6, 6.07) is 16.8. The Morgan fingerprint density at radius 2 is 1.80 bits per heavy atom. The van der Waals surface area contributed by atoms with Crippen LogP contribution in [0.4, 0.5) is 5.69 Å². The molecule has 30 heavy (non-hydrogen) atoms. The van der Waals surface area contributed by atoms with Gasteiger partial charge in [-0.1, -0.05) is 43.3 Å². The van der Waals surface area contributed by atoms with E-state index in [9.17, 15) is 4.79 Å². The Labute approximate surface area is 196 Å². The predicted molar refractivity (Wildman–Crippen MR) is 135 cm³/mol. The van der Waals surface area contributed by atoms with Crippen molar-refractivity contribution in [3.05, 3.63) is 65.2 Å². The van der Waals surface area contributed by atoms with Crippen molar-refractivity contribution in [3.63, 3.8) is 0 Å². The summed E-state index contributed by atoms with van der Waals surface area (Å²) in [7, 11) is 0. The van der Waals surface area contributed by atoms with Gasteiger partial charge in [0, 0.05) is 31.9 Å². The van der Waals surface area contributed by atoms with Crippen molar-refractivity contribution < 1.29 is 4.79 Å². The smallest absolute Gasteiger partial charge is 0.239 e. The lowest BCUT2D eigenvalue weighted by Crippen LogP contribution is -2.47. The van der Waals surface area contributed by atoms with Gasteiger partial charge >= 0.3 is 0 Å². The summed E-state index contributed by atoms with van der Waals surface area (Å²) >= 11 is 0. The number of aliphatic imine (C=N–C) groups is 1. The zero-order valence-corrected chi connectivity index (χ0v) is 20.1. The summed E-state index contributed by atoms with van der Waals surface area (Å²) in [6.07, 6.45) is 1.02. The average Bonchev–Trinajstić information content (AvgIpc) is 2.76. The summed E-state index contributed by atoms with van der Waals surface area (Å²) in [4.78, 5) is 18.4. The van der Waals surface area contributed by atoms with Gasteiger partial charge in [0.05, 0.1) is 13.1 Å². The number of hydrogen-bond acceptors (Lipinski definition) is 3. The van der Waals surface area contributed by atoms with Crippen LogP contribution in [0.3, 0.4) is 0 Å². The molecule has 1 saturated heterocycles. The van der Waals surface area contributed by atoms with Crippen LogP contribution < -0.4 is 20.9 Å². The van der Waals surface area contributed by atoms with Gasteiger partial charge < -0.3 is 20.9 Å². The second kappa shape index (κ2) is 12.4. The van der Waals surface area contributed by atoms with Gasteiger partial charge in [0.15, 0.2) is 5.96 Å². The van der Waals surface area contributed by atoms with E-state index in [0.717, 1.165) is 43.3 Å². The molecular formula is C23H32IN5O. The molecule has 3 rings (SSSR count). The second-order valence-corrected chi connectivity index (χ2v) is 7.11. The monoisotopic (exact) mass is 521 g/mol. The van der Waals surface area contributed by atoms with Gasteiger partial charge in [-0.3, -0.25) is 4.79 Å². The average molecular weight is 521 g/mol. The number of guanidine groups is 1. The highest BCUT2D eigenvalue weighted by Gasteiger charge is 2.16. The van der Waals surface area contributed by atoms with Crippen LogP contribution in [-0.2, 0) is 24.3 Å². The van der Waals surface area contributed by atoms with Crippen LogP contribution in [0.25, 0.3) is 0 Å². The van der Waals surface area contributed by atoms with Crippen molar-refractivity contribution in [1.29, 1.82) is 0 Å². The molecule has 162 valence electrons. The minimum absolute atomic E-state index is 0. The minimum atomic E-state index is 0. The molecule has 1 aliphatic heterocycles. The maximum atomic E-state index is 11.6. The maximum Gasteiger partial charge on any atom is 0.239 e. The van der Waals surface area contributed by atoms with E-state index < -0.39 is 0 Å². The third-order valence-corrected chi connectivity index (χ3v) is 5.05. The molecule has 0 aromatic heterocycles. The second-order valence-electron chi connectivity index (χ2n) is 7.11. The highest BCUT2D eigenvalue weighted by atomic mass is 127. The van der Waals surface area contributed by atoms with E-state index in [1.54, 1.807) is 0 Å². The summed E-state index contributed by atoms with van der Waals surface area (Å²) < 4.78 is 0. The quantitative estimate of drug-likeness (QED) is 0.298. The molecule has 0 radical (unpaired) electrons. The molecule has 1 aliphatic rings. The Kier molecular flexibility index (Phi) is 9.93. The molecule has 7 heteroatoms. The van der Waals surface area contributed by atoms with E-state index in [2.05, 4.69) is 83.2 Å². The number of amides is 1. The van der Waals surface area contributed by atoms with Gasteiger partial charge in [-0.2, -0.15) is 0 Å². The van der Waals surface area contributed by atoms with Crippen molar-refractivity contribution in [2.75, 3.05) is 31.1 Å². The number of aryl methyl sites for hydroxylation is 1. The van der Waals surface area contributed by atoms with Gasteiger partial charge in [-0.05, 0) is 42.2 Å². The topological polar surface area (TPSA) is 68.8 Å². The Hall–Kier alpha value is -2.29. The number of anilines is 1. The number of benzene rings is 2. The van der Waals surface area contributed by atoms with Crippen molar-refractivity contribution in [3.8, 4) is 0 Å². The molecule has 0 saturated carbocycles. The number of nitrogens with one attached hydrogen (secondary N) is 3. The molecule has 0 spiro atoms. The van der Waals surface area contributed by atoms with Gasteiger partial charge in [-0.15, -0.1) is 24.0 Å². The first-order valence-electron chi connectivity index (χ1n) is 10.4. The molecule has 0 unspecified atom stereocenters. The normalized spacial score (nSPS) is 14.0. The van der Waals surface area contributed by atoms with Crippen LogP contribution >= 0.6 is 24.0 Å². The van der Waals surface area contributed by atoms with Crippen LogP contribution in [0.15, 0.2) is 53.5 Å². The van der Waals surface area contributed by atoms with E-state index in [0.29, 0.717) is 19.6 Å². The van der Waals surface area contributed by atoms with Crippen LogP contribution in [0.1, 0.15) is 30.5 Å². The van der Waals surface area contributed by atoms with Crippen LogP contribution in [0.5, 0.6) is 0 Å². The molecule has 6 nitrogen and oxygen atoms in total. The highest BCUT2D eigenvalue weighted by molar-refractivity contribution is 14.0. The first-order chi connectivity index (χ1) is 14.2. The molecule has 0 atom stereocenters. The molecular weight excluding hydrogens is 489 g/mol. The first-order valence-corrected chi connectivity index (χ1v) is 10.4. The molecule has 1 fully saturated rings. The van der Waals surface area contributed by atoms with E-state index in [1.165, 1.54) is 11.1 Å². The summed E-state index contributed by atoms with van der Waals surface area (Å²) in [5, 5.41) is 9.61. The number of hydrogen-bond donors (Lipinski definition) is 3. The zero-order valence-electron chi connectivity index (χ0n) is 17.8. The third-order valence-electron chi connectivity index (χ3n) is 5.05. The SMILES string of the molecule is CCNC(=NCc1ccc(N2CCNC(=O)C2)cc1)NCc1ccccc1CC.I. The summed E-state index contributed by atoms with van der Waals surface area (Å²) in [5.41, 5.74) is 4.88. The van der Waals surface area contributed by atoms with E-state index >= 15 is 0 Å². The standard InChI is InChI=1S/C23H31N5O.HI/c1-3-19-7-5-6-8-20(19)16-27-23(24-4-2)26-15-18-9-11-21(12-10-18)28-14-13-25-22(29)17-28;/h5-12H,3-4,13-17H2,1-2H3,(H,25,29)(H2,24,26,27);1H. The van der Waals surface area contributed by atoms with Crippen molar-refractivity contribution in [2.45, 2.75) is 33.4 Å². The number of rotatable bonds is 7. The van der Waals surface area contributed by atoms with Crippen molar-refractivity contribution >= 4 is 41.5 Å². The number of nitrogens with zero attached hydrogens (tertiary/aromatic N) is 2. The zero-order chi connectivity index (χ0) is 20.5. The van der Waals surface area contributed by atoms with Gasteiger partial charge in [0.1, 0.15) is 0 Å². The molecule has 2 aromatic rings. The largest absolute Gasteiger partial charge is 0.360 e. The van der Waals surface area contributed by atoms with Crippen LogP contribution in [0, 0.1) is 0 Å². The Balaban J connectivity index is 0.00000320. The number of piperazine rings is 1. The summed E-state index contributed by atoms with van der Waals surface area (Å²) in [6.45, 7) is 8.39. The molecule has 1 amide bonds. The lowest BCUT2D eigenvalue weighted by atomic mass is 10.1. The lowest BCUT2D eigenvalue weighted by molar-refractivity contribution is -0.120. The Morgan fingerprint density at radius 3 is 2.47 bits per heavy atom. The van der Waals surface area contributed by atoms with Crippen LogP contribution in [0.2, 0.25) is 0 Å². The molecule has 0 aliphatic carbocycles. The van der Waals surface area contributed by atoms with Gasteiger partial charge in [0.2, 0.25) is 5.91 Å². The highest BCUT2D eigenvalue weighted by Crippen LogP contribution is 2.16. The van der Waals surface area contributed by atoms with E-state index in [-0.39, 0.29) is 29.9 Å². The lowest BCUT2D eigenvalue weighted by Gasteiger charge is -2.28. The molecule has 3 N–H and O–H groups in total. The van der Waals surface area contributed by atoms with Crippen molar-refractivity contribution in [1.82, 2.24) is 16.0 Å². The fourth-order valence-corrected chi connectivity index (χ4v) is 3.44. The number of carbonyl (C=O) groups excluding carboxylic acids is 1. The van der Waals surface area contributed by atoms with E-state index in [4.69, 9.17) is 4.99 Å². The fourth-order valence-electron chi connectivity index (χ4n) is 3.44. The Bertz CT molecular complexity index is 838. The fraction of sp³-hybridized carbons (Fsp3) is 0.391.